The normalized spacial score (nSPS) is 10.6. The molecule has 1 aromatic heterocycles. The van der Waals surface area contributed by atoms with Gasteiger partial charge >= 0.3 is 5.63 Å². The van der Waals surface area contributed by atoms with Gasteiger partial charge in [-0.05, 0) is 40.8 Å². The summed E-state index contributed by atoms with van der Waals surface area (Å²) in [5, 5.41) is 0.855. The Morgan fingerprint density at radius 1 is 1.31 bits per heavy atom. The smallest absolute Gasteiger partial charge is 0.336 e. The van der Waals surface area contributed by atoms with Crippen molar-refractivity contribution in [1.29, 1.82) is 0 Å². The molecule has 0 unspecified atom stereocenters. The van der Waals surface area contributed by atoms with E-state index in [1.54, 1.807) is 25.3 Å². The van der Waals surface area contributed by atoms with Gasteiger partial charge in [0.15, 0.2) is 6.79 Å². The summed E-state index contributed by atoms with van der Waals surface area (Å²) < 4.78 is 16.2. The highest BCUT2D eigenvalue weighted by Gasteiger charge is 2.07. The summed E-state index contributed by atoms with van der Waals surface area (Å²) >= 11 is 2.15. The number of rotatable bonds is 3. The molecule has 0 saturated heterocycles. The zero-order valence-electron chi connectivity index (χ0n) is 8.53. The number of hydrogen-bond donors (Lipinski definition) is 0. The van der Waals surface area contributed by atoms with Gasteiger partial charge in [0.05, 0.1) is 3.57 Å². The molecule has 0 amide bonds. The van der Waals surface area contributed by atoms with Crippen LogP contribution < -0.4 is 10.4 Å². The summed E-state index contributed by atoms with van der Waals surface area (Å²) in [5.41, 5.74) is 0.204. The number of fused-ring (bicyclic) bond motifs is 1. The molecular weight excluding hydrogens is 323 g/mol. The number of benzene rings is 1. The van der Waals surface area contributed by atoms with E-state index in [2.05, 4.69) is 22.6 Å². The molecule has 0 N–H and O–H groups in total. The average Bonchev–Trinajstić information content (AvgIpc) is 2.28. The Balaban J connectivity index is 2.52. The zero-order valence-corrected chi connectivity index (χ0v) is 10.7. The van der Waals surface area contributed by atoms with Gasteiger partial charge in [-0.25, -0.2) is 4.79 Å². The van der Waals surface area contributed by atoms with Gasteiger partial charge in [0.2, 0.25) is 0 Å². The predicted octanol–water partition coefficient (Wildman–Crippen LogP) is 2.38. The van der Waals surface area contributed by atoms with Gasteiger partial charge in [0.1, 0.15) is 11.3 Å². The monoisotopic (exact) mass is 332 g/mol. The molecule has 0 spiro atoms. The molecule has 1 heterocycles. The van der Waals surface area contributed by atoms with Gasteiger partial charge in [-0.2, -0.15) is 0 Å². The molecular formula is C11H9IO4. The van der Waals surface area contributed by atoms with E-state index >= 15 is 0 Å². The van der Waals surface area contributed by atoms with Gasteiger partial charge in [-0.15, -0.1) is 0 Å². The van der Waals surface area contributed by atoms with Crippen molar-refractivity contribution in [2.75, 3.05) is 13.9 Å². The van der Waals surface area contributed by atoms with E-state index in [0.717, 1.165) is 8.96 Å². The molecule has 4 nitrogen and oxygen atoms in total. The van der Waals surface area contributed by atoms with Crippen LogP contribution in [0.5, 0.6) is 5.75 Å². The van der Waals surface area contributed by atoms with Crippen molar-refractivity contribution < 1.29 is 13.9 Å². The lowest BCUT2D eigenvalue weighted by molar-refractivity contribution is 0.0506. The first-order valence-electron chi connectivity index (χ1n) is 4.56. The second-order valence-electron chi connectivity index (χ2n) is 3.09. The van der Waals surface area contributed by atoms with E-state index < -0.39 is 0 Å². The molecule has 2 aromatic rings. The van der Waals surface area contributed by atoms with Crippen molar-refractivity contribution in [3.63, 3.8) is 0 Å². The topological polar surface area (TPSA) is 48.7 Å². The maximum Gasteiger partial charge on any atom is 0.336 e. The Labute approximate surface area is 105 Å². The highest BCUT2D eigenvalue weighted by atomic mass is 127. The first-order chi connectivity index (χ1) is 7.72. The first kappa shape index (κ1) is 11.4. The molecule has 0 radical (unpaired) electrons. The third kappa shape index (κ3) is 2.19. The van der Waals surface area contributed by atoms with Crippen molar-refractivity contribution in [3.05, 3.63) is 38.3 Å². The largest absolute Gasteiger partial charge is 0.466 e. The van der Waals surface area contributed by atoms with E-state index in [1.807, 2.05) is 0 Å². The SMILES string of the molecule is COCOc1ccc2oc(=O)ccc2c1I. The highest BCUT2D eigenvalue weighted by Crippen LogP contribution is 2.28. The first-order valence-corrected chi connectivity index (χ1v) is 5.64. The van der Waals surface area contributed by atoms with Crippen LogP contribution in [0.15, 0.2) is 33.5 Å². The molecule has 0 aliphatic heterocycles. The fourth-order valence-corrected chi connectivity index (χ4v) is 2.11. The van der Waals surface area contributed by atoms with Crippen LogP contribution in [0.3, 0.4) is 0 Å². The summed E-state index contributed by atoms with van der Waals surface area (Å²) in [6.45, 7) is 0.193. The number of halogens is 1. The Morgan fingerprint density at radius 2 is 2.12 bits per heavy atom. The standard InChI is InChI=1S/C11H9IO4/c1-14-6-15-9-4-3-8-7(11(9)12)2-5-10(13)16-8/h2-5H,6H2,1H3. The molecule has 0 bridgehead atoms. The second-order valence-corrected chi connectivity index (χ2v) is 4.17. The van der Waals surface area contributed by atoms with Crippen LogP contribution in [-0.2, 0) is 4.74 Å². The molecule has 1 aromatic carbocycles. The van der Waals surface area contributed by atoms with Gasteiger partial charge in [0, 0.05) is 18.6 Å². The van der Waals surface area contributed by atoms with Crippen molar-refractivity contribution >= 4 is 33.6 Å². The molecule has 0 aliphatic carbocycles. The maximum atomic E-state index is 11.0. The van der Waals surface area contributed by atoms with E-state index in [1.165, 1.54) is 6.07 Å². The van der Waals surface area contributed by atoms with Crippen LogP contribution in [-0.4, -0.2) is 13.9 Å². The molecule has 0 atom stereocenters. The molecule has 5 heteroatoms. The third-order valence-electron chi connectivity index (χ3n) is 2.03. The van der Waals surface area contributed by atoms with Crippen LogP contribution in [0, 0.1) is 3.57 Å². The average molecular weight is 332 g/mol. The highest BCUT2D eigenvalue weighted by molar-refractivity contribution is 14.1. The molecule has 16 heavy (non-hydrogen) atoms. The third-order valence-corrected chi connectivity index (χ3v) is 3.15. The van der Waals surface area contributed by atoms with Crippen LogP contribution in [0.1, 0.15) is 0 Å². The molecule has 0 saturated carbocycles. The van der Waals surface area contributed by atoms with E-state index in [9.17, 15) is 4.79 Å². The fourth-order valence-electron chi connectivity index (χ4n) is 1.33. The number of hydrogen-bond acceptors (Lipinski definition) is 4. The Bertz CT molecular complexity index is 561. The van der Waals surface area contributed by atoms with Crippen LogP contribution in [0.4, 0.5) is 0 Å². The molecule has 2 rings (SSSR count). The summed E-state index contributed by atoms with van der Waals surface area (Å²) in [4.78, 5) is 11.0. The fraction of sp³-hybridized carbons (Fsp3) is 0.182. The van der Waals surface area contributed by atoms with E-state index in [4.69, 9.17) is 13.9 Å². The number of methoxy groups -OCH3 is 1. The molecule has 84 valence electrons. The predicted molar refractivity (Wildman–Crippen MR) is 67.7 cm³/mol. The van der Waals surface area contributed by atoms with Crippen molar-refractivity contribution in [2.45, 2.75) is 0 Å². The summed E-state index contributed by atoms with van der Waals surface area (Å²) in [5.74, 6) is 0.712. The number of ether oxygens (including phenoxy) is 2. The molecule has 0 aliphatic rings. The second kappa shape index (κ2) is 4.84. The lowest BCUT2D eigenvalue weighted by Crippen LogP contribution is -2.01. The summed E-state index contributed by atoms with van der Waals surface area (Å²) in [6.07, 6.45) is 0. The van der Waals surface area contributed by atoms with Crippen LogP contribution in [0.25, 0.3) is 11.0 Å². The summed E-state index contributed by atoms with van der Waals surface area (Å²) in [6, 6.07) is 6.59. The van der Waals surface area contributed by atoms with Crippen molar-refractivity contribution in [2.24, 2.45) is 0 Å². The van der Waals surface area contributed by atoms with Gasteiger partial charge in [-0.3, -0.25) is 0 Å². The Morgan fingerprint density at radius 3 is 2.88 bits per heavy atom. The van der Waals surface area contributed by atoms with E-state index in [0.29, 0.717) is 11.3 Å². The van der Waals surface area contributed by atoms with Crippen molar-refractivity contribution in [1.82, 2.24) is 0 Å². The van der Waals surface area contributed by atoms with Gasteiger partial charge in [0.25, 0.3) is 0 Å². The molecule has 0 fully saturated rings. The van der Waals surface area contributed by atoms with Crippen LogP contribution >= 0.6 is 22.6 Å². The van der Waals surface area contributed by atoms with Gasteiger partial charge in [-0.1, -0.05) is 0 Å². The zero-order chi connectivity index (χ0) is 11.5. The quantitative estimate of drug-likeness (QED) is 0.492. The maximum absolute atomic E-state index is 11.0. The lowest BCUT2D eigenvalue weighted by Gasteiger charge is -2.08. The minimum absolute atomic E-state index is 0.193. The summed E-state index contributed by atoms with van der Waals surface area (Å²) in [7, 11) is 1.56. The Kier molecular flexibility index (Phi) is 3.45. The van der Waals surface area contributed by atoms with Gasteiger partial charge < -0.3 is 13.9 Å². The minimum atomic E-state index is -0.353. The minimum Gasteiger partial charge on any atom is -0.466 e. The van der Waals surface area contributed by atoms with Crippen molar-refractivity contribution in [3.8, 4) is 5.75 Å². The Hall–Kier alpha value is -1.08. The van der Waals surface area contributed by atoms with E-state index in [-0.39, 0.29) is 12.4 Å². The van der Waals surface area contributed by atoms with Crippen LogP contribution in [0.2, 0.25) is 0 Å². The lowest BCUT2D eigenvalue weighted by atomic mass is 10.2.